The first-order valence-corrected chi connectivity index (χ1v) is 6.53. The predicted octanol–water partition coefficient (Wildman–Crippen LogP) is 3.53. The van der Waals surface area contributed by atoms with Crippen LogP contribution < -0.4 is 0 Å². The van der Waals surface area contributed by atoms with Crippen LogP contribution in [0.25, 0.3) is 0 Å². The van der Waals surface area contributed by atoms with E-state index in [2.05, 4.69) is 42.0 Å². The zero-order chi connectivity index (χ0) is 12.8. The van der Waals surface area contributed by atoms with E-state index in [1.165, 1.54) is 11.1 Å². The number of aromatic nitrogens is 2. The first-order valence-electron chi connectivity index (χ1n) is 6.53. The van der Waals surface area contributed by atoms with Crippen LogP contribution in [-0.4, -0.2) is 9.97 Å². The monoisotopic (exact) mass is 240 g/mol. The molecular weight excluding hydrogens is 220 g/mol. The maximum atomic E-state index is 4.19. The van der Waals surface area contributed by atoms with Crippen molar-refractivity contribution in [3.8, 4) is 0 Å². The molecule has 0 bridgehead atoms. The highest BCUT2D eigenvalue weighted by molar-refractivity contribution is 5.14. The van der Waals surface area contributed by atoms with E-state index in [1.54, 1.807) is 0 Å². The molecule has 0 amide bonds. The number of nitrogens with zero attached hydrogens (tertiary/aromatic N) is 2. The highest BCUT2D eigenvalue weighted by Gasteiger charge is 2.14. The van der Waals surface area contributed by atoms with Crippen molar-refractivity contribution in [3.05, 3.63) is 60.2 Å². The summed E-state index contributed by atoms with van der Waals surface area (Å²) in [6, 6.07) is 8.39. The Bertz CT molecular complexity index is 410. The molecule has 0 aliphatic heterocycles. The molecule has 0 N–H and O–H groups in total. The lowest BCUT2D eigenvalue weighted by atomic mass is 9.85. The van der Waals surface area contributed by atoms with Crippen LogP contribution in [0.15, 0.2) is 49.1 Å². The van der Waals surface area contributed by atoms with E-state index in [0.717, 1.165) is 12.8 Å². The normalized spacial score (nSPS) is 12.6. The third-order valence-electron chi connectivity index (χ3n) is 3.41. The summed E-state index contributed by atoms with van der Waals surface area (Å²) in [4.78, 5) is 8.27. The Morgan fingerprint density at radius 1 is 0.889 bits per heavy atom. The van der Waals surface area contributed by atoms with Crippen LogP contribution in [-0.2, 0) is 12.8 Å². The summed E-state index contributed by atoms with van der Waals surface area (Å²) < 4.78 is 0. The molecule has 94 valence electrons. The minimum atomic E-state index is 0.650. The van der Waals surface area contributed by atoms with Gasteiger partial charge in [0.25, 0.3) is 0 Å². The molecule has 2 heterocycles. The maximum Gasteiger partial charge on any atom is 0.0299 e. The summed E-state index contributed by atoms with van der Waals surface area (Å²) in [5, 5.41) is 0. The van der Waals surface area contributed by atoms with Crippen LogP contribution in [0.1, 0.15) is 25.0 Å². The van der Waals surface area contributed by atoms with E-state index in [1.807, 2.05) is 30.9 Å². The Kier molecular flexibility index (Phi) is 4.46. The average molecular weight is 240 g/mol. The highest BCUT2D eigenvalue weighted by Crippen LogP contribution is 2.21. The van der Waals surface area contributed by atoms with Gasteiger partial charge in [-0.05, 0) is 54.0 Å². The van der Waals surface area contributed by atoms with Gasteiger partial charge in [0, 0.05) is 24.8 Å². The summed E-state index contributed by atoms with van der Waals surface area (Å²) in [7, 11) is 0. The summed E-state index contributed by atoms with van der Waals surface area (Å²) in [6.45, 7) is 4.59. The molecule has 2 heteroatoms. The molecule has 2 aromatic heterocycles. The molecule has 0 spiro atoms. The lowest BCUT2D eigenvalue weighted by Crippen LogP contribution is -2.15. The van der Waals surface area contributed by atoms with Crippen LogP contribution in [0.5, 0.6) is 0 Å². The molecule has 1 atom stereocenters. The molecule has 2 aromatic rings. The van der Waals surface area contributed by atoms with Crippen molar-refractivity contribution in [2.45, 2.75) is 26.7 Å². The van der Waals surface area contributed by atoms with Crippen molar-refractivity contribution < 1.29 is 0 Å². The highest BCUT2D eigenvalue weighted by atomic mass is 14.6. The smallest absolute Gasteiger partial charge is 0.0299 e. The van der Waals surface area contributed by atoms with Crippen molar-refractivity contribution in [1.82, 2.24) is 9.97 Å². The van der Waals surface area contributed by atoms with E-state index < -0.39 is 0 Å². The molecule has 0 aliphatic rings. The van der Waals surface area contributed by atoms with Gasteiger partial charge < -0.3 is 0 Å². The Morgan fingerprint density at radius 2 is 1.61 bits per heavy atom. The molecule has 0 fully saturated rings. The number of pyridine rings is 2. The van der Waals surface area contributed by atoms with Crippen molar-refractivity contribution in [1.29, 1.82) is 0 Å². The van der Waals surface area contributed by atoms with Gasteiger partial charge in [0.1, 0.15) is 0 Å². The zero-order valence-electron chi connectivity index (χ0n) is 11.1. The largest absolute Gasteiger partial charge is 0.265 e. The molecule has 0 saturated carbocycles. The molecule has 1 unspecified atom stereocenters. The van der Waals surface area contributed by atoms with Crippen LogP contribution in [0.3, 0.4) is 0 Å². The molecule has 0 radical (unpaired) electrons. The van der Waals surface area contributed by atoms with Gasteiger partial charge in [0.15, 0.2) is 0 Å². The summed E-state index contributed by atoms with van der Waals surface area (Å²) in [6.07, 6.45) is 9.75. The van der Waals surface area contributed by atoms with Crippen molar-refractivity contribution in [2.75, 3.05) is 0 Å². The van der Waals surface area contributed by atoms with Crippen LogP contribution in [0.2, 0.25) is 0 Å². The average Bonchev–Trinajstić information content (AvgIpc) is 2.40. The van der Waals surface area contributed by atoms with Gasteiger partial charge in [-0.25, -0.2) is 0 Å². The lowest BCUT2D eigenvalue weighted by Gasteiger charge is -2.21. The number of hydrogen-bond donors (Lipinski definition) is 0. The minimum absolute atomic E-state index is 0.650. The van der Waals surface area contributed by atoms with E-state index in [0.29, 0.717) is 11.8 Å². The SMILES string of the molecule is CC(C)C(Cc1ccncc1)Cc1cccnc1. The third kappa shape index (κ3) is 3.66. The maximum absolute atomic E-state index is 4.19. The van der Waals surface area contributed by atoms with E-state index in [9.17, 15) is 0 Å². The Morgan fingerprint density at radius 3 is 2.22 bits per heavy atom. The Balaban J connectivity index is 2.05. The van der Waals surface area contributed by atoms with Gasteiger partial charge in [-0.15, -0.1) is 0 Å². The first-order chi connectivity index (χ1) is 8.75. The second-order valence-corrected chi connectivity index (χ2v) is 5.13. The summed E-state index contributed by atoms with van der Waals surface area (Å²) in [5.74, 6) is 1.31. The van der Waals surface area contributed by atoms with Gasteiger partial charge in [0.2, 0.25) is 0 Å². The molecule has 18 heavy (non-hydrogen) atoms. The van der Waals surface area contributed by atoms with Crippen LogP contribution in [0, 0.1) is 11.8 Å². The Hall–Kier alpha value is -1.70. The minimum Gasteiger partial charge on any atom is -0.265 e. The van der Waals surface area contributed by atoms with Crippen LogP contribution >= 0.6 is 0 Å². The second-order valence-electron chi connectivity index (χ2n) is 5.13. The quantitative estimate of drug-likeness (QED) is 0.799. The fraction of sp³-hybridized carbons (Fsp3) is 0.375. The summed E-state index contributed by atoms with van der Waals surface area (Å²) in [5.41, 5.74) is 2.69. The van der Waals surface area contributed by atoms with Crippen molar-refractivity contribution >= 4 is 0 Å². The van der Waals surface area contributed by atoms with Crippen molar-refractivity contribution in [2.24, 2.45) is 11.8 Å². The second kappa shape index (κ2) is 6.29. The first kappa shape index (κ1) is 12.7. The van der Waals surface area contributed by atoms with Crippen LogP contribution in [0.4, 0.5) is 0 Å². The molecule has 0 saturated heterocycles. The fourth-order valence-corrected chi connectivity index (χ4v) is 2.19. The van der Waals surface area contributed by atoms with Gasteiger partial charge in [-0.1, -0.05) is 19.9 Å². The number of rotatable bonds is 5. The zero-order valence-corrected chi connectivity index (χ0v) is 11.1. The predicted molar refractivity (Wildman–Crippen MR) is 74.2 cm³/mol. The molecule has 0 aliphatic carbocycles. The molecule has 0 aromatic carbocycles. The van der Waals surface area contributed by atoms with Gasteiger partial charge in [-0.2, -0.15) is 0 Å². The van der Waals surface area contributed by atoms with E-state index in [4.69, 9.17) is 0 Å². The fourth-order valence-electron chi connectivity index (χ4n) is 2.19. The topological polar surface area (TPSA) is 25.8 Å². The van der Waals surface area contributed by atoms with Gasteiger partial charge in [0.05, 0.1) is 0 Å². The Labute approximate surface area is 109 Å². The molecule has 2 rings (SSSR count). The third-order valence-corrected chi connectivity index (χ3v) is 3.41. The van der Waals surface area contributed by atoms with Gasteiger partial charge >= 0.3 is 0 Å². The molecular formula is C16H20N2. The number of hydrogen-bond acceptors (Lipinski definition) is 2. The van der Waals surface area contributed by atoms with Gasteiger partial charge in [-0.3, -0.25) is 9.97 Å². The standard InChI is InChI=1S/C16H20N2/c1-13(2)16(10-14-5-8-17-9-6-14)11-15-4-3-7-18-12-15/h3-9,12-13,16H,10-11H2,1-2H3. The molecule has 2 nitrogen and oxygen atoms in total. The van der Waals surface area contributed by atoms with E-state index >= 15 is 0 Å². The lowest BCUT2D eigenvalue weighted by molar-refractivity contribution is 0.379. The van der Waals surface area contributed by atoms with Crippen molar-refractivity contribution in [3.63, 3.8) is 0 Å². The van der Waals surface area contributed by atoms with E-state index in [-0.39, 0.29) is 0 Å². The summed E-state index contributed by atoms with van der Waals surface area (Å²) >= 11 is 0.